The molecule has 1 saturated carbocycles. The van der Waals surface area contributed by atoms with Crippen LogP contribution >= 0.6 is 11.8 Å². The van der Waals surface area contributed by atoms with Crippen molar-refractivity contribution in [1.29, 1.82) is 0 Å². The molecule has 1 atom stereocenters. The molecule has 1 aliphatic heterocycles. The SMILES string of the molecule is Cc1[nH]c2ccccc2c1C(=O)C(C)Sc1nnc(N2CCOCC2)n1C1CC1. The minimum Gasteiger partial charge on any atom is -0.378 e. The average Bonchev–Trinajstić information content (AvgIpc) is 3.40. The number of fused-ring (bicyclic) bond motifs is 1. The summed E-state index contributed by atoms with van der Waals surface area (Å²) in [4.78, 5) is 18.9. The summed E-state index contributed by atoms with van der Waals surface area (Å²) in [5.41, 5.74) is 2.70. The lowest BCUT2D eigenvalue weighted by Crippen LogP contribution is -2.38. The monoisotopic (exact) mass is 411 g/mol. The van der Waals surface area contributed by atoms with Crippen LogP contribution in [-0.4, -0.2) is 57.1 Å². The van der Waals surface area contributed by atoms with Crippen molar-refractivity contribution < 1.29 is 9.53 Å². The number of para-hydroxylation sites is 1. The van der Waals surface area contributed by atoms with Crippen molar-refractivity contribution in [1.82, 2.24) is 19.7 Å². The third-order valence-corrected chi connectivity index (χ3v) is 6.70. The number of Topliss-reactive ketones (excluding diaryl/α,β-unsaturated/α-hetero) is 1. The Bertz CT molecular complexity index is 1050. The fourth-order valence-corrected chi connectivity index (χ4v) is 4.96. The van der Waals surface area contributed by atoms with Crippen molar-refractivity contribution in [3.05, 3.63) is 35.5 Å². The van der Waals surface area contributed by atoms with E-state index in [0.29, 0.717) is 19.3 Å². The highest BCUT2D eigenvalue weighted by Gasteiger charge is 2.33. The molecule has 1 unspecified atom stereocenters. The van der Waals surface area contributed by atoms with Crippen LogP contribution in [-0.2, 0) is 4.74 Å². The van der Waals surface area contributed by atoms with Gasteiger partial charge in [0, 0.05) is 41.3 Å². The van der Waals surface area contributed by atoms with Gasteiger partial charge >= 0.3 is 0 Å². The van der Waals surface area contributed by atoms with Gasteiger partial charge in [-0.2, -0.15) is 0 Å². The van der Waals surface area contributed by atoms with Gasteiger partial charge in [-0.3, -0.25) is 9.36 Å². The highest BCUT2D eigenvalue weighted by Crippen LogP contribution is 2.42. The molecule has 1 aromatic carbocycles. The largest absolute Gasteiger partial charge is 0.378 e. The zero-order valence-electron chi connectivity index (χ0n) is 16.7. The van der Waals surface area contributed by atoms with Gasteiger partial charge in [-0.1, -0.05) is 30.0 Å². The highest BCUT2D eigenvalue weighted by molar-refractivity contribution is 8.00. The standard InChI is InChI=1S/C21H25N5O2S/c1-13-18(16-5-3-4-6-17(16)22-13)19(27)14(2)29-21-24-23-20(26(21)15-7-8-15)25-9-11-28-12-10-25/h3-6,14-15,22H,7-12H2,1-2H3. The number of morpholine rings is 1. The highest BCUT2D eigenvalue weighted by atomic mass is 32.2. The third-order valence-electron chi connectivity index (χ3n) is 5.64. The topological polar surface area (TPSA) is 76.0 Å². The summed E-state index contributed by atoms with van der Waals surface area (Å²) >= 11 is 1.51. The Kier molecular flexibility index (Phi) is 4.83. The van der Waals surface area contributed by atoms with Crippen LogP contribution in [0.5, 0.6) is 0 Å². The smallest absolute Gasteiger partial charge is 0.228 e. The van der Waals surface area contributed by atoms with Crippen LogP contribution in [0.4, 0.5) is 5.95 Å². The van der Waals surface area contributed by atoms with Crippen LogP contribution in [0.2, 0.25) is 0 Å². The number of aryl methyl sites for hydroxylation is 1. The molecule has 0 amide bonds. The maximum absolute atomic E-state index is 13.3. The normalized spacial score (nSPS) is 18.3. The number of ether oxygens (including phenoxy) is 1. The molecule has 2 fully saturated rings. The zero-order valence-corrected chi connectivity index (χ0v) is 17.5. The molecule has 7 nitrogen and oxygen atoms in total. The van der Waals surface area contributed by atoms with Gasteiger partial charge in [0.1, 0.15) is 0 Å². The molecule has 2 aromatic heterocycles. The molecular formula is C21H25N5O2S. The van der Waals surface area contributed by atoms with Crippen molar-refractivity contribution in [2.24, 2.45) is 0 Å². The summed E-state index contributed by atoms with van der Waals surface area (Å²) in [5, 5.41) is 10.5. The van der Waals surface area contributed by atoms with E-state index in [1.54, 1.807) is 0 Å². The number of aromatic nitrogens is 4. The molecule has 1 N–H and O–H groups in total. The molecule has 2 aliphatic rings. The number of anilines is 1. The fraction of sp³-hybridized carbons (Fsp3) is 0.476. The average molecular weight is 412 g/mol. The molecule has 1 saturated heterocycles. The predicted octanol–water partition coefficient (Wildman–Crippen LogP) is 3.60. The predicted molar refractivity (Wildman–Crippen MR) is 114 cm³/mol. The van der Waals surface area contributed by atoms with Crippen LogP contribution in [0.25, 0.3) is 10.9 Å². The minimum atomic E-state index is -0.243. The molecule has 152 valence electrons. The number of rotatable bonds is 6. The fourth-order valence-electron chi connectivity index (χ4n) is 3.99. The van der Waals surface area contributed by atoms with Crippen LogP contribution in [0, 0.1) is 6.92 Å². The first-order chi connectivity index (χ1) is 14.1. The van der Waals surface area contributed by atoms with Crippen LogP contribution in [0.3, 0.4) is 0 Å². The van der Waals surface area contributed by atoms with Gasteiger partial charge < -0.3 is 14.6 Å². The number of nitrogens with zero attached hydrogens (tertiary/aromatic N) is 4. The zero-order chi connectivity index (χ0) is 20.0. The van der Waals surface area contributed by atoms with E-state index >= 15 is 0 Å². The molecule has 0 radical (unpaired) electrons. The first kappa shape index (κ1) is 18.7. The lowest BCUT2D eigenvalue weighted by Gasteiger charge is -2.28. The first-order valence-corrected chi connectivity index (χ1v) is 11.1. The van der Waals surface area contributed by atoms with E-state index in [-0.39, 0.29) is 11.0 Å². The molecule has 3 aromatic rings. The van der Waals surface area contributed by atoms with Crippen LogP contribution in [0.15, 0.2) is 29.4 Å². The Balaban J connectivity index is 1.42. The molecule has 0 spiro atoms. The Morgan fingerprint density at radius 2 is 2.00 bits per heavy atom. The van der Waals surface area contributed by atoms with Gasteiger partial charge in [0.15, 0.2) is 10.9 Å². The molecular weight excluding hydrogens is 386 g/mol. The van der Waals surface area contributed by atoms with Crippen molar-refractivity contribution in [2.45, 2.75) is 43.1 Å². The molecule has 0 bridgehead atoms. The third kappa shape index (κ3) is 3.44. The van der Waals surface area contributed by atoms with Crippen molar-refractivity contribution in [2.75, 3.05) is 31.2 Å². The quantitative estimate of drug-likeness (QED) is 0.493. The maximum atomic E-state index is 13.3. The summed E-state index contributed by atoms with van der Waals surface area (Å²) in [6.07, 6.45) is 2.29. The van der Waals surface area contributed by atoms with E-state index < -0.39 is 0 Å². The van der Waals surface area contributed by atoms with Gasteiger partial charge in [-0.05, 0) is 32.8 Å². The minimum absolute atomic E-state index is 0.128. The Labute approximate surface area is 173 Å². The van der Waals surface area contributed by atoms with E-state index in [4.69, 9.17) is 4.74 Å². The maximum Gasteiger partial charge on any atom is 0.228 e. The number of hydrogen-bond acceptors (Lipinski definition) is 6. The van der Waals surface area contributed by atoms with E-state index in [9.17, 15) is 4.79 Å². The van der Waals surface area contributed by atoms with Crippen molar-refractivity contribution >= 4 is 34.4 Å². The lowest BCUT2D eigenvalue weighted by molar-refractivity contribution is 0.0995. The number of hydrogen-bond donors (Lipinski definition) is 1. The summed E-state index contributed by atoms with van der Waals surface area (Å²) in [6.45, 7) is 7.03. The summed E-state index contributed by atoms with van der Waals surface area (Å²) < 4.78 is 7.71. The second kappa shape index (κ2) is 7.50. The van der Waals surface area contributed by atoms with Gasteiger partial charge in [-0.15, -0.1) is 10.2 Å². The number of nitrogens with one attached hydrogen (secondary N) is 1. The number of carbonyl (C=O) groups excluding carboxylic acids is 1. The number of H-pyrrole nitrogens is 1. The van der Waals surface area contributed by atoms with E-state index in [0.717, 1.165) is 59.2 Å². The lowest BCUT2D eigenvalue weighted by atomic mass is 10.1. The number of ketones is 1. The van der Waals surface area contributed by atoms with Gasteiger partial charge in [0.25, 0.3) is 0 Å². The second-order valence-corrected chi connectivity index (χ2v) is 9.09. The Hall–Kier alpha value is -2.32. The number of benzene rings is 1. The van der Waals surface area contributed by atoms with Crippen LogP contribution < -0.4 is 4.90 Å². The van der Waals surface area contributed by atoms with Gasteiger partial charge in [0.05, 0.1) is 18.5 Å². The van der Waals surface area contributed by atoms with Gasteiger partial charge in [-0.25, -0.2) is 0 Å². The summed E-state index contributed by atoms with van der Waals surface area (Å²) in [5.74, 6) is 1.05. The first-order valence-electron chi connectivity index (χ1n) is 10.2. The van der Waals surface area contributed by atoms with Crippen LogP contribution in [0.1, 0.15) is 41.9 Å². The Morgan fingerprint density at radius 3 is 2.76 bits per heavy atom. The van der Waals surface area contributed by atoms with E-state index in [2.05, 4.69) is 24.6 Å². The summed E-state index contributed by atoms with van der Waals surface area (Å²) in [6, 6.07) is 8.42. The molecule has 8 heteroatoms. The van der Waals surface area contributed by atoms with E-state index in [1.807, 2.05) is 38.1 Å². The summed E-state index contributed by atoms with van der Waals surface area (Å²) in [7, 11) is 0. The number of aromatic amines is 1. The van der Waals surface area contributed by atoms with Crippen molar-refractivity contribution in [3.8, 4) is 0 Å². The molecule has 29 heavy (non-hydrogen) atoms. The number of thioether (sulfide) groups is 1. The van der Waals surface area contributed by atoms with E-state index in [1.165, 1.54) is 11.8 Å². The second-order valence-electron chi connectivity index (χ2n) is 7.78. The van der Waals surface area contributed by atoms with Gasteiger partial charge in [0.2, 0.25) is 5.95 Å². The van der Waals surface area contributed by atoms with Crippen molar-refractivity contribution in [3.63, 3.8) is 0 Å². The molecule has 3 heterocycles. The molecule has 5 rings (SSSR count). The molecule has 1 aliphatic carbocycles. The number of carbonyl (C=O) groups is 1. The Morgan fingerprint density at radius 1 is 1.24 bits per heavy atom.